The first-order valence-corrected chi connectivity index (χ1v) is 6.42. The van der Waals surface area contributed by atoms with Crippen LogP contribution in [0.5, 0.6) is 0 Å². The Morgan fingerprint density at radius 3 is 2.06 bits per heavy atom. The third kappa shape index (κ3) is 3.20. The molecule has 0 unspecified atom stereocenters. The zero-order chi connectivity index (χ0) is 12.2. The third-order valence-corrected chi connectivity index (χ3v) is 4.37. The first-order valence-electron chi connectivity index (χ1n) is 5.62. The summed E-state index contributed by atoms with van der Waals surface area (Å²) < 4.78 is -1.80. The van der Waals surface area contributed by atoms with Crippen molar-refractivity contribution in [3.63, 3.8) is 0 Å². The molecule has 5 heteroatoms. The molecule has 0 aromatic heterocycles. The van der Waals surface area contributed by atoms with E-state index in [-0.39, 0.29) is 6.42 Å². The number of alkyl halides is 1. The lowest BCUT2D eigenvalue weighted by Crippen LogP contribution is -2.40. The monoisotopic (exact) mass is 292 g/mol. The van der Waals surface area contributed by atoms with Crippen LogP contribution in [-0.2, 0) is 9.59 Å². The number of hydrogen-bond donors (Lipinski definition) is 2. The average molecular weight is 293 g/mol. The minimum Gasteiger partial charge on any atom is -0.480 e. The van der Waals surface area contributed by atoms with Crippen molar-refractivity contribution in [2.24, 2.45) is 5.92 Å². The Kier molecular flexibility index (Phi) is 4.77. The number of carboxylic acid groups (broad SMARTS) is 2. The molecule has 1 saturated carbocycles. The van der Waals surface area contributed by atoms with Crippen molar-refractivity contribution >= 4 is 27.9 Å². The normalized spacial score (nSPS) is 18.3. The lowest BCUT2D eigenvalue weighted by atomic mass is 9.84. The number of halogens is 1. The molecular weight excluding hydrogens is 276 g/mol. The molecule has 0 heterocycles. The fourth-order valence-corrected chi connectivity index (χ4v) is 2.41. The van der Waals surface area contributed by atoms with E-state index in [0.717, 1.165) is 12.8 Å². The van der Waals surface area contributed by atoms with E-state index in [1.165, 1.54) is 19.3 Å². The van der Waals surface area contributed by atoms with Gasteiger partial charge in [-0.15, -0.1) is 0 Å². The fourth-order valence-electron chi connectivity index (χ4n) is 2.18. The minimum absolute atomic E-state index is 0.155. The molecule has 1 aliphatic rings. The summed E-state index contributed by atoms with van der Waals surface area (Å²) in [6.45, 7) is 0. The smallest absolute Gasteiger partial charge is 0.332 e. The van der Waals surface area contributed by atoms with Crippen molar-refractivity contribution in [2.75, 3.05) is 0 Å². The van der Waals surface area contributed by atoms with Gasteiger partial charge in [-0.05, 0) is 18.8 Å². The summed E-state index contributed by atoms with van der Waals surface area (Å²) in [5.41, 5.74) is 0. The summed E-state index contributed by atoms with van der Waals surface area (Å²) in [4.78, 5) is 21.8. The molecule has 4 nitrogen and oxygen atoms in total. The van der Waals surface area contributed by atoms with Gasteiger partial charge in [0.1, 0.15) is 0 Å². The average Bonchev–Trinajstić information content (AvgIpc) is 2.26. The zero-order valence-corrected chi connectivity index (χ0v) is 10.7. The second-order valence-electron chi connectivity index (χ2n) is 4.45. The maximum Gasteiger partial charge on any atom is 0.332 e. The predicted octanol–water partition coefficient (Wildman–Crippen LogP) is 2.65. The number of carbonyl (C=O) groups is 2. The largest absolute Gasteiger partial charge is 0.480 e. The van der Waals surface area contributed by atoms with E-state index in [0.29, 0.717) is 12.3 Å². The molecule has 16 heavy (non-hydrogen) atoms. The molecular formula is C11H17BrO4. The van der Waals surface area contributed by atoms with Crippen molar-refractivity contribution in [3.8, 4) is 0 Å². The van der Waals surface area contributed by atoms with Gasteiger partial charge in [-0.2, -0.15) is 0 Å². The van der Waals surface area contributed by atoms with E-state index in [2.05, 4.69) is 15.9 Å². The van der Waals surface area contributed by atoms with E-state index in [9.17, 15) is 9.59 Å². The third-order valence-electron chi connectivity index (χ3n) is 3.30. The molecule has 0 radical (unpaired) electrons. The minimum atomic E-state index is -1.80. The quantitative estimate of drug-likeness (QED) is 0.603. The fraction of sp³-hybridized carbons (Fsp3) is 0.818. The van der Waals surface area contributed by atoms with Gasteiger partial charge in [-0.3, -0.25) is 9.59 Å². The van der Waals surface area contributed by atoms with E-state index in [4.69, 9.17) is 10.2 Å². The summed E-state index contributed by atoms with van der Waals surface area (Å²) in [5.74, 6) is -2.13. The number of hydrogen-bond acceptors (Lipinski definition) is 2. The summed E-state index contributed by atoms with van der Waals surface area (Å²) in [5, 5.41) is 17.8. The van der Waals surface area contributed by atoms with Crippen LogP contribution in [0, 0.1) is 5.92 Å². The van der Waals surface area contributed by atoms with Gasteiger partial charge in [-0.25, -0.2) is 0 Å². The van der Waals surface area contributed by atoms with Crippen LogP contribution in [0.3, 0.4) is 0 Å². The molecule has 0 aromatic rings. The van der Waals surface area contributed by atoms with Gasteiger partial charge < -0.3 is 10.2 Å². The van der Waals surface area contributed by atoms with E-state index < -0.39 is 16.3 Å². The van der Waals surface area contributed by atoms with Gasteiger partial charge in [0.25, 0.3) is 0 Å². The van der Waals surface area contributed by atoms with Crippen LogP contribution in [0.4, 0.5) is 0 Å². The Morgan fingerprint density at radius 2 is 1.62 bits per heavy atom. The first kappa shape index (κ1) is 13.5. The van der Waals surface area contributed by atoms with Crippen LogP contribution >= 0.6 is 15.9 Å². The van der Waals surface area contributed by atoms with Gasteiger partial charge in [0.05, 0.1) is 0 Å². The van der Waals surface area contributed by atoms with E-state index >= 15 is 0 Å². The molecule has 1 fully saturated rings. The van der Waals surface area contributed by atoms with Crippen molar-refractivity contribution in [1.29, 1.82) is 0 Å². The van der Waals surface area contributed by atoms with Gasteiger partial charge >= 0.3 is 11.9 Å². The molecule has 1 rings (SSSR count). The van der Waals surface area contributed by atoms with Crippen LogP contribution in [0.1, 0.15) is 44.9 Å². The highest BCUT2D eigenvalue weighted by molar-refractivity contribution is 9.10. The standard InChI is InChI=1S/C11H17BrO4/c12-11(9(13)14,10(15)16)7-6-8-4-2-1-3-5-8/h8H,1-7H2,(H,13,14)(H,15,16). The highest BCUT2D eigenvalue weighted by Gasteiger charge is 2.44. The van der Waals surface area contributed by atoms with Crippen LogP contribution in [0.15, 0.2) is 0 Å². The Labute approximate surface area is 103 Å². The SMILES string of the molecule is O=C(O)C(Br)(CCC1CCCCC1)C(=O)O. The maximum absolute atomic E-state index is 10.9. The Morgan fingerprint density at radius 1 is 1.12 bits per heavy atom. The zero-order valence-electron chi connectivity index (χ0n) is 9.12. The van der Waals surface area contributed by atoms with Crippen molar-refractivity contribution < 1.29 is 19.8 Å². The van der Waals surface area contributed by atoms with Gasteiger partial charge in [0.15, 0.2) is 0 Å². The van der Waals surface area contributed by atoms with E-state index in [1.54, 1.807) is 0 Å². The Hall–Kier alpha value is -0.580. The van der Waals surface area contributed by atoms with Crippen molar-refractivity contribution in [3.05, 3.63) is 0 Å². The number of rotatable bonds is 5. The lowest BCUT2D eigenvalue weighted by Gasteiger charge is -2.24. The van der Waals surface area contributed by atoms with Crippen LogP contribution < -0.4 is 0 Å². The summed E-state index contributed by atoms with van der Waals surface area (Å²) in [7, 11) is 0. The Bertz CT molecular complexity index is 257. The molecule has 0 spiro atoms. The molecule has 92 valence electrons. The topological polar surface area (TPSA) is 74.6 Å². The van der Waals surface area contributed by atoms with Gasteiger partial charge in [-0.1, -0.05) is 48.0 Å². The van der Waals surface area contributed by atoms with E-state index in [1.807, 2.05) is 0 Å². The highest BCUT2D eigenvalue weighted by atomic mass is 79.9. The van der Waals surface area contributed by atoms with Crippen LogP contribution in [-0.4, -0.2) is 26.5 Å². The lowest BCUT2D eigenvalue weighted by molar-refractivity contribution is -0.151. The number of aliphatic carboxylic acids is 2. The molecule has 1 aliphatic carbocycles. The van der Waals surface area contributed by atoms with Crippen molar-refractivity contribution in [2.45, 2.75) is 49.3 Å². The molecule has 0 aromatic carbocycles. The number of carboxylic acids is 2. The molecule has 0 aliphatic heterocycles. The van der Waals surface area contributed by atoms with Gasteiger partial charge in [0, 0.05) is 0 Å². The predicted molar refractivity (Wildman–Crippen MR) is 62.7 cm³/mol. The maximum atomic E-state index is 10.9. The van der Waals surface area contributed by atoms with Crippen LogP contribution in [0.2, 0.25) is 0 Å². The second kappa shape index (κ2) is 5.66. The molecule has 0 bridgehead atoms. The molecule has 0 amide bonds. The summed E-state index contributed by atoms with van der Waals surface area (Å²) in [6, 6.07) is 0. The summed E-state index contributed by atoms with van der Waals surface area (Å²) >= 11 is 2.84. The molecule has 2 N–H and O–H groups in total. The molecule has 0 atom stereocenters. The first-order chi connectivity index (χ1) is 7.47. The van der Waals surface area contributed by atoms with Crippen LogP contribution in [0.25, 0.3) is 0 Å². The summed E-state index contributed by atoms with van der Waals surface area (Å²) in [6.07, 6.45) is 6.63. The molecule has 0 saturated heterocycles. The highest BCUT2D eigenvalue weighted by Crippen LogP contribution is 2.33. The van der Waals surface area contributed by atoms with Crippen molar-refractivity contribution in [1.82, 2.24) is 0 Å². The second-order valence-corrected chi connectivity index (χ2v) is 5.81. The van der Waals surface area contributed by atoms with Gasteiger partial charge in [0.2, 0.25) is 4.32 Å². The Balaban J connectivity index is 2.49.